The van der Waals surface area contributed by atoms with Crippen molar-refractivity contribution in [3.63, 3.8) is 0 Å². The Kier molecular flexibility index (Phi) is 6.69. The first-order valence-electron chi connectivity index (χ1n) is 11.6. The molecule has 0 radical (unpaired) electrons. The number of hydrogen-bond acceptors (Lipinski definition) is 3. The van der Waals surface area contributed by atoms with Crippen LogP contribution in [0.5, 0.6) is 0 Å². The van der Waals surface area contributed by atoms with Crippen molar-refractivity contribution in [2.75, 3.05) is 20.1 Å². The van der Waals surface area contributed by atoms with Crippen LogP contribution in [0.1, 0.15) is 50.5 Å². The summed E-state index contributed by atoms with van der Waals surface area (Å²) in [6.07, 6.45) is 11.7. The lowest BCUT2D eigenvalue weighted by atomic mass is 9.78. The van der Waals surface area contributed by atoms with Crippen LogP contribution in [-0.4, -0.2) is 41.8 Å². The van der Waals surface area contributed by atoms with Crippen LogP contribution in [0.15, 0.2) is 48.8 Å². The molecule has 0 bridgehead atoms. The van der Waals surface area contributed by atoms with Crippen molar-refractivity contribution in [3.8, 4) is 11.1 Å². The first kappa shape index (κ1) is 21.5. The molecule has 1 saturated heterocycles. The lowest BCUT2D eigenvalue weighted by Gasteiger charge is -2.29. The van der Waals surface area contributed by atoms with Crippen LogP contribution in [0.4, 0.5) is 0 Å². The summed E-state index contributed by atoms with van der Waals surface area (Å²) < 4.78 is 0. The summed E-state index contributed by atoms with van der Waals surface area (Å²) in [5.74, 6) is 0.950. The predicted octanol–water partition coefficient (Wildman–Crippen LogP) is 4.23. The largest absolute Gasteiger partial charge is 0.359 e. The van der Waals surface area contributed by atoms with E-state index in [1.165, 1.54) is 25.7 Å². The summed E-state index contributed by atoms with van der Waals surface area (Å²) in [6.45, 7) is 1.16. The van der Waals surface area contributed by atoms with Gasteiger partial charge in [-0.3, -0.25) is 14.6 Å². The van der Waals surface area contributed by atoms with Gasteiger partial charge in [0.05, 0.1) is 5.41 Å². The average molecular weight is 420 g/mol. The monoisotopic (exact) mass is 419 g/mol. The second-order valence-electron chi connectivity index (χ2n) is 9.18. The molecule has 2 fully saturated rings. The second-order valence-corrected chi connectivity index (χ2v) is 9.18. The lowest BCUT2D eigenvalue weighted by Crippen LogP contribution is -2.44. The van der Waals surface area contributed by atoms with Gasteiger partial charge < -0.3 is 10.2 Å². The van der Waals surface area contributed by atoms with E-state index in [2.05, 4.69) is 22.4 Å². The van der Waals surface area contributed by atoms with Crippen LogP contribution in [0.3, 0.4) is 0 Å². The number of likely N-dealkylation sites (tertiary alicyclic amines) is 1. The molecule has 1 atom stereocenters. The van der Waals surface area contributed by atoms with Gasteiger partial charge in [-0.15, -0.1) is 0 Å². The number of benzene rings is 1. The Morgan fingerprint density at radius 3 is 2.61 bits per heavy atom. The number of rotatable bonds is 7. The zero-order valence-corrected chi connectivity index (χ0v) is 18.5. The number of carbonyl (C=O) groups excluding carboxylic acids is 2. The van der Waals surface area contributed by atoms with Gasteiger partial charge in [-0.2, -0.15) is 0 Å². The molecule has 2 aliphatic rings. The maximum absolute atomic E-state index is 13.1. The zero-order valence-electron chi connectivity index (χ0n) is 18.5. The molecule has 1 N–H and O–H groups in total. The van der Waals surface area contributed by atoms with Crippen LogP contribution in [0.2, 0.25) is 0 Å². The van der Waals surface area contributed by atoms with Gasteiger partial charge in [0.2, 0.25) is 11.8 Å². The maximum Gasteiger partial charge on any atom is 0.228 e. The minimum atomic E-state index is -0.582. The van der Waals surface area contributed by atoms with Crippen LogP contribution >= 0.6 is 0 Å². The van der Waals surface area contributed by atoms with Gasteiger partial charge in [0.25, 0.3) is 0 Å². The molecule has 2 heterocycles. The van der Waals surface area contributed by atoms with Gasteiger partial charge in [-0.25, -0.2) is 0 Å². The highest BCUT2D eigenvalue weighted by Gasteiger charge is 2.45. The van der Waals surface area contributed by atoms with E-state index >= 15 is 0 Å². The number of amides is 2. The van der Waals surface area contributed by atoms with E-state index < -0.39 is 5.41 Å². The van der Waals surface area contributed by atoms with E-state index in [4.69, 9.17) is 0 Å². The molecule has 2 amide bonds. The fourth-order valence-corrected chi connectivity index (χ4v) is 5.40. The van der Waals surface area contributed by atoms with E-state index in [1.54, 1.807) is 19.4 Å². The number of carbonyl (C=O) groups is 2. The smallest absolute Gasteiger partial charge is 0.228 e. The Hall–Kier alpha value is -2.69. The molecular weight excluding hydrogens is 386 g/mol. The van der Waals surface area contributed by atoms with Crippen molar-refractivity contribution in [2.45, 2.75) is 51.4 Å². The number of nitrogens with zero attached hydrogens (tertiary/aromatic N) is 2. The first-order chi connectivity index (χ1) is 15.1. The Labute approximate surface area is 185 Å². The third-order valence-corrected chi connectivity index (χ3v) is 7.19. The van der Waals surface area contributed by atoms with E-state index in [1.807, 2.05) is 29.2 Å². The number of hydrogen-bond donors (Lipinski definition) is 1. The van der Waals surface area contributed by atoms with Gasteiger partial charge >= 0.3 is 0 Å². The van der Waals surface area contributed by atoms with Crippen LogP contribution in [0.25, 0.3) is 11.1 Å². The van der Waals surface area contributed by atoms with E-state index in [-0.39, 0.29) is 11.8 Å². The molecule has 164 valence electrons. The number of pyridine rings is 1. The second kappa shape index (κ2) is 9.63. The molecule has 1 aliphatic carbocycles. The lowest BCUT2D eigenvalue weighted by molar-refractivity contribution is -0.133. The fraction of sp³-hybridized carbons (Fsp3) is 0.500. The summed E-state index contributed by atoms with van der Waals surface area (Å²) in [6, 6.07) is 12.3. The minimum Gasteiger partial charge on any atom is -0.359 e. The zero-order chi connectivity index (χ0) is 21.7. The van der Waals surface area contributed by atoms with Gasteiger partial charge in [-0.1, -0.05) is 49.9 Å². The normalized spacial score (nSPS) is 21.4. The van der Waals surface area contributed by atoms with Gasteiger partial charge in [0.1, 0.15) is 0 Å². The molecule has 5 nitrogen and oxygen atoms in total. The summed E-state index contributed by atoms with van der Waals surface area (Å²) in [5, 5.41) is 2.88. The van der Waals surface area contributed by atoms with Gasteiger partial charge in [-0.05, 0) is 54.0 Å². The summed E-state index contributed by atoms with van der Waals surface area (Å²) in [4.78, 5) is 32.0. The highest BCUT2D eigenvalue weighted by molar-refractivity contribution is 5.86. The minimum absolute atomic E-state index is 0.0307. The van der Waals surface area contributed by atoms with Gasteiger partial charge in [0.15, 0.2) is 0 Å². The van der Waals surface area contributed by atoms with E-state index in [9.17, 15) is 9.59 Å². The molecular formula is C26H33N3O2. The average Bonchev–Trinajstić information content (AvgIpc) is 3.49. The van der Waals surface area contributed by atoms with Crippen molar-refractivity contribution >= 4 is 11.8 Å². The summed E-state index contributed by atoms with van der Waals surface area (Å²) in [5.41, 5.74) is 2.78. The van der Waals surface area contributed by atoms with Crippen molar-refractivity contribution < 1.29 is 9.59 Å². The Morgan fingerprint density at radius 1 is 1.13 bits per heavy atom. The fourth-order valence-electron chi connectivity index (χ4n) is 5.40. The van der Waals surface area contributed by atoms with Crippen molar-refractivity contribution in [1.29, 1.82) is 0 Å². The molecule has 1 saturated carbocycles. The summed E-state index contributed by atoms with van der Waals surface area (Å²) in [7, 11) is 1.70. The standard InChI is InChI=1S/C26H33N3O2/c1-27-25(31)26(14-17-29(19-26)24(30)11-10-20-6-2-3-7-20)18-22-8-4-5-9-23(22)21-12-15-28-16-13-21/h4-5,8-9,12-13,15-16,20H,2-3,6-7,10-11,14,17-19H2,1H3,(H,27,31). The highest BCUT2D eigenvalue weighted by Crippen LogP contribution is 2.38. The van der Waals surface area contributed by atoms with E-state index in [0.717, 1.165) is 23.1 Å². The number of nitrogens with one attached hydrogen (secondary N) is 1. The van der Waals surface area contributed by atoms with Crippen molar-refractivity contribution in [3.05, 3.63) is 54.4 Å². The Morgan fingerprint density at radius 2 is 1.87 bits per heavy atom. The van der Waals surface area contributed by atoms with Crippen LogP contribution in [-0.2, 0) is 16.0 Å². The third-order valence-electron chi connectivity index (χ3n) is 7.19. The highest BCUT2D eigenvalue weighted by atomic mass is 16.2. The third kappa shape index (κ3) is 4.81. The SMILES string of the molecule is CNC(=O)C1(Cc2ccccc2-c2ccncc2)CCN(C(=O)CCC2CCCC2)C1. The molecule has 2 aromatic rings. The molecule has 0 spiro atoms. The number of aromatic nitrogens is 1. The quantitative estimate of drug-likeness (QED) is 0.731. The molecule has 4 rings (SSSR count). The molecule has 1 unspecified atom stereocenters. The first-order valence-corrected chi connectivity index (χ1v) is 11.6. The Balaban J connectivity index is 1.51. The van der Waals surface area contributed by atoms with Crippen LogP contribution in [0, 0.1) is 11.3 Å². The van der Waals surface area contributed by atoms with Crippen LogP contribution < -0.4 is 5.32 Å². The molecule has 1 aliphatic heterocycles. The summed E-state index contributed by atoms with van der Waals surface area (Å²) >= 11 is 0. The molecule has 1 aromatic carbocycles. The predicted molar refractivity (Wildman–Crippen MR) is 122 cm³/mol. The molecule has 5 heteroatoms. The molecule has 1 aromatic heterocycles. The van der Waals surface area contributed by atoms with Crippen molar-refractivity contribution in [1.82, 2.24) is 15.2 Å². The van der Waals surface area contributed by atoms with Crippen molar-refractivity contribution in [2.24, 2.45) is 11.3 Å². The molecule has 31 heavy (non-hydrogen) atoms. The van der Waals surface area contributed by atoms with E-state index in [0.29, 0.717) is 38.3 Å². The Bertz CT molecular complexity index is 908. The maximum atomic E-state index is 13.1. The topological polar surface area (TPSA) is 62.3 Å². The van der Waals surface area contributed by atoms with Gasteiger partial charge in [0, 0.05) is 39.0 Å².